The van der Waals surface area contributed by atoms with Gasteiger partial charge in [0.2, 0.25) is 5.91 Å². The van der Waals surface area contributed by atoms with Crippen LogP contribution in [-0.2, 0) is 22.7 Å². The number of hydroxylamine groups is 2. The number of aliphatic hydroxyl groups is 2. The summed E-state index contributed by atoms with van der Waals surface area (Å²) in [7, 11) is 7.59. The van der Waals surface area contributed by atoms with Crippen molar-refractivity contribution in [2.75, 3.05) is 46.3 Å². The first kappa shape index (κ1) is 39.2. The first-order valence-electron chi connectivity index (χ1n) is 19.8. The molecule has 3 aliphatic carbocycles. The lowest BCUT2D eigenvalue weighted by atomic mass is 9.45. The second-order valence-corrected chi connectivity index (χ2v) is 17.2. The minimum absolute atomic E-state index is 0.0390. The molecule has 4 N–H and O–H groups in total. The smallest absolute Gasteiger partial charge is 0.251 e. The number of fused-ring (bicyclic) bond motifs is 3. The number of carbonyl (C=O) groups excluding carboxylic acids is 2. The molecule has 3 saturated carbocycles. The van der Waals surface area contributed by atoms with Gasteiger partial charge in [0.15, 0.2) is 0 Å². The zero-order valence-electron chi connectivity index (χ0n) is 33.6. The van der Waals surface area contributed by atoms with E-state index in [4.69, 9.17) is 9.57 Å². The van der Waals surface area contributed by atoms with Crippen LogP contribution in [-0.4, -0.2) is 97.7 Å². The number of aliphatic hydroxyl groups excluding tert-OH is 2. The molecule has 5 aliphatic rings. The van der Waals surface area contributed by atoms with Gasteiger partial charge in [-0.3, -0.25) is 19.3 Å². The van der Waals surface area contributed by atoms with Crippen LogP contribution in [0.4, 0.5) is 5.69 Å². The Kier molecular flexibility index (Phi) is 11.1. The van der Waals surface area contributed by atoms with Gasteiger partial charge in [-0.15, -0.1) is 0 Å². The molecule has 8 rings (SSSR count). The van der Waals surface area contributed by atoms with Crippen LogP contribution in [0.1, 0.15) is 73.6 Å². The van der Waals surface area contributed by atoms with E-state index in [1.807, 2.05) is 61.5 Å². The zero-order valence-corrected chi connectivity index (χ0v) is 33.6. The van der Waals surface area contributed by atoms with Crippen molar-refractivity contribution in [3.8, 4) is 16.9 Å². The number of amides is 2. The number of likely N-dealkylation sites (N-methyl/N-ethyl adjacent to an activating group) is 1. The van der Waals surface area contributed by atoms with Crippen molar-refractivity contribution in [1.29, 1.82) is 0 Å². The Morgan fingerprint density at radius 2 is 1.85 bits per heavy atom. The van der Waals surface area contributed by atoms with Gasteiger partial charge in [0.05, 0.1) is 32.4 Å². The Hall–Kier alpha value is -4.00. The SMILES string of the molecule is COc1c(CN2O[C@@H](CO)C(C(C)O)[C@H]2C(=O)N[C@H]2C[C@H]3C[C@@H]([C@@H]2C)C3(C)C)cccc1-c1cc(C(=O)NCC2c3ccccc3CN2C)cc(N(C)C)c1. The summed E-state index contributed by atoms with van der Waals surface area (Å²) in [6.45, 7) is 9.73. The van der Waals surface area contributed by atoms with Crippen molar-refractivity contribution in [1.82, 2.24) is 20.6 Å². The van der Waals surface area contributed by atoms with Gasteiger partial charge in [-0.1, -0.05) is 63.2 Å². The van der Waals surface area contributed by atoms with Crippen LogP contribution in [0.25, 0.3) is 11.1 Å². The van der Waals surface area contributed by atoms with Gasteiger partial charge in [-0.05, 0) is 84.9 Å². The number of anilines is 1. The van der Waals surface area contributed by atoms with Crippen LogP contribution in [0.3, 0.4) is 0 Å². The van der Waals surface area contributed by atoms with Crippen molar-refractivity contribution in [2.45, 2.75) is 84.0 Å². The predicted octanol–water partition coefficient (Wildman–Crippen LogP) is 5.01. The third-order valence-electron chi connectivity index (χ3n) is 13.5. The molecule has 2 heterocycles. The number of methoxy groups -OCH3 is 1. The van der Waals surface area contributed by atoms with Gasteiger partial charge in [0.1, 0.15) is 17.9 Å². The first-order chi connectivity index (χ1) is 26.2. The Bertz CT molecular complexity index is 1900. The van der Waals surface area contributed by atoms with E-state index in [0.29, 0.717) is 35.6 Å². The van der Waals surface area contributed by atoms with Crippen molar-refractivity contribution < 1.29 is 29.4 Å². The van der Waals surface area contributed by atoms with E-state index in [2.05, 4.69) is 61.6 Å². The number of nitrogens with zero attached hydrogens (tertiary/aromatic N) is 3. The lowest BCUT2D eigenvalue weighted by Crippen LogP contribution is -2.62. The van der Waals surface area contributed by atoms with Gasteiger partial charge >= 0.3 is 0 Å². The maximum Gasteiger partial charge on any atom is 0.251 e. The highest BCUT2D eigenvalue weighted by molar-refractivity contribution is 5.97. The maximum absolute atomic E-state index is 14.3. The number of ether oxygens (including phenoxy) is 1. The molecule has 0 spiro atoms. The van der Waals surface area contributed by atoms with E-state index >= 15 is 0 Å². The molecule has 2 bridgehead atoms. The number of rotatable bonds is 12. The fraction of sp³-hybridized carbons (Fsp3) is 0.545. The van der Waals surface area contributed by atoms with Gasteiger partial charge in [0, 0.05) is 61.5 Å². The molecule has 9 atom stereocenters. The fourth-order valence-corrected chi connectivity index (χ4v) is 10.2. The highest BCUT2D eigenvalue weighted by Gasteiger charge is 2.57. The molecule has 0 aromatic heterocycles. The van der Waals surface area contributed by atoms with E-state index in [9.17, 15) is 19.8 Å². The standard InChI is InChI=1S/C44H59N5O6/c1-25-35-19-31(44(35,3)4)20-36(25)46-43(53)40-39(26(2)51)38(24-50)55-49(40)23-28-13-11-15-34(41(28)54-8)29-16-30(18-32(17-29)47(5)6)42(52)45-21-37-33-14-10-9-12-27(33)22-48(37)7/h9-18,25-26,31,35-40,50-51H,19-24H2,1-8H3,(H,45,52)(H,46,53)/t25-,26?,31+,35-,36-,37?,38-,39?,40-/m0/s1. The quantitative estimate of drug-likeness (QED) is 0.202. The number of nitrogens with one attached hydrogen (secondary N) is 2. The average Bonchev–Trinajstić information content (AvgIpc) is 3.70. The lowest BCUT2D eigenvalue weighted by Gasteiger charge is -2.62. The van der Waals surface area contributed by atoms with Gasteiger partial charge in [0.25, 0.3) is 5.91 Å². The summed E-state index contributed by atoms with van der Waals surface area (Å²) in [5.41, 5.74) is 6.55. The van der Waals surface area contributed by atoms with Crippen LogP contribution >= 0.6 is 0 Å². The van der Waals surface area contributed by atoms with Crippen LogP contribution in [0.15, 0.2) is 60.7 Å². The highest BCUT2D eigenvalue weighted by atomic mass is 16.7. The highest BCUT2D eigenvalue weighted by Crippen LogP contribution is 2.61. The summed E-state index contributed by atoms with van der Waals surface area (Å²) >= 11 is 0. The van der Waals surface area contributed by atoms with Crippen molar-refractivity contribution >= 4 is 17.5 Å². The second-order valence-electron chi connectivity index (χ2n) is 17.2. The zero-order chi connectivity index (χ0) is 39.3. The Balaban J connectivity index is 1.15. The minimum Gasteiger partial charge on any atom is -0.496 e. The number of hydrogen-bond acceptors (Lipinski definition) is 9. The van der Waals surface area contributed by atoms with Crippen LogP contribution in [0.5, 0.6) is 5.75 Å². The Labute approximate surface area is 325 Å². The van der Waals surface area contributed by atoms with Gasteiger partial charge < -0.3 is 30.5 Å². The van der Waals surface area contributed by atoms with Crippen molar-refractivity contribution in [2.24, 2.45) is 29.1 Å². The van der Waals surface area contributed by atoms with Crippen molar-refractivity contribution in [3.63, 3.8) is 0 Å². The van der Waals surface area contributed by atoms with E-state index in [-0.39, 0.29) is 42.5 Å². The van der Waals surface area contributed by atoms with Crippen LogP contribution in [0.2, 0.25) is 0 Å². The van der Waals surface area contributed by atoms with Crippen LogP contribution < -0.4 is 20.3 Å². The first-order valence-corrected chi connectivity index (χ1v) is 19.8. The third-order valence-corrected chi connectivity index (χ3v) is 13.5. The number of carbonyl (C=O) groups is 2. The molecule has 3 unspecified atom stereocenters. The molecule has 1 saturated heterocycles. The summed E-state index contributed by atoms with van der Waals surface area (Å²) in [5, 5.41) is 29.5. The van der Waals surface area contributed by atoms with Crippen molar-refractivity contribution in [3.05, 3.63) is 82.9 Å². The van der Waals surface area contributed by atoms with E-state index < -0.39 is 24.2 Å². The van der Waals surface area contributed by atoms with E-state index in [1.54, 1.807) is 19.1 Å². The lowest BCUT2D eigenvalue weighted by molar-refractivity contribution is -0.183. The normalized spacial score (nSPS) is 28.9. The summed E-state index contributed by atoms with van der Waals surface area (Å²) in [6, 6.07) is 19.3. The molecule has 2 amide bonds. The summed E-state index contributed by atoms with van der Waals surface area (Å²) < 4.78 is 6.10. The molecule has 3 aromatic carbocycles. The molecule has 55 heavy (non-hydrogen) atoms. The molecule has 0 radical (unpaired) electrons. The monoisotopic (exact) mass is 753 g/mol. The maximum atomic E-state index is 14.3. The molecule has 2 aliphatic heterocycles. The molecule has 11 heteroatoms. The van der Waals surface area contributed by atoms with Crippen LogP contribution in [0, 0.1) is 29.1 Å². The Morgan fingerprint density at radius 1 is 1.09 bits per heavy atom. The topological polar surface area (TPSA) is 127 Å². The molecular weight excluding hydrogens is 695 g/mol. The fourth-order valence-electron chi connectivity index (χ4n) is 10.2. The second kappa shape index (κ2) is 15.5. The minimum atomic E-state index is -0.899. The number of para-hydroxylation sites is 1. The summed E-state index contributed by atoms with van der Waals surface area (Å²) in [6.07, 6.45) is 0.482. The summed E-state index contributed by atoms with van der Waals surface area (Å²) in [4.78, 5) is 38.6. The average molecular weight is 754 g/mol. The van der Waals surface area contributed by atoms with Gasteiger partial charge in [-0.2, -0.15) is 5.06 Å². The molecular formula is C44H59N5O6. The largest absolute Gasteiger partial charge is 0.496 e. The number of hydrogen-bond donors (Lipinski definition) is 4. The predicted molar refractivity (Wildman–Crippen MR) is 213 cm³/mol. The van der Waals surface area contributed by atoms with Gasteiger partial charge in [-0.25, -0.2) is 0 Å². The van der Waals surface area contributed by atoms with E-state index in [1.165, 1.54) is 17.5 Å². The molecule has 3 aromatic rings. The molecule has 4 fully saturated rings. The Morgan fingerprint density at radius 3 is 2.53 bits per heavy atom. The van der Waals surface area contributed by atoms with E-state index in [0.717, 1.165) is 35.3 Å². The summed E-state index contributed by atoms with van der Waals surface area (Å²) in [5.74, 6) is 1.05. The molecule has 11 nitrogen and oxygen atoms in total. The third kappa shape index (κ3) is 7.26. The number of benzene rings is 3. The molecule has 296 valence electrons.